The molecule has 5 nitrogen and oxygen atoms in total. The predicted molar refractivity (Wildman–Crippen MR) is 123 cm³/mol. The number of nitrogens with one attached hydrogen (secondary N) is 1. The first-order valence-corrected chi connectivity index (χ1v) is 10.4. The summed E-state index contributed by atoms with van der Waals surface area (Å²) in [7, 11) is 1.55. The van der Waals surface area contributed by atoms with Gasteiger partial charge in [0.25, 0.3) is 5.91 Å². The van der Waals surface area contributed by atoms with Crippen molar-refractivity contribution in [2.75, 3.05) is 7.11 Å². The molecular formula is C22H17BrCl2N2O3. The van der Waals surface area contributed by atoms with Crippen molar-refractivity contribution in [2.45, 2.75) is 6.61 Å². The van der Waals surface area contributed by atoms with Gasteiger partial charge in [-0.2, -0.15) is 5.10 Å². The second-order valence-electron chi connectivity index (χ2n) is 6.12. The highest BCUT2D eigenvalue weighted by atomic mass is 79.9. The Morgan fingerprint density at radius 1 is 1.13 bits per heavy atom. The van der Waals surface area contributed by atoms with Crippen molar-refractivity contribution < 1.29 is 14.3 Å². The van der Waals surface area contributed by atoms with Crippen molar-refractivity contribution in [3.05, 3.63) is 91.9 Å². The summed E-state index contributed by atoms with van der Waals surface area (Å²) in [6.45, 7) is 0.291. The highest BCUT2D eigenvalue weighted by molar-refractivity contribution is 9.10. The first-order valence-electron chi connectivity index (χ1n) is 8.80. The highest BCUT2D eigenvalue weighted by Crippen LogP contribution is 2.37. The Labute approximate surface area is 192 Å². The number of nitrogens with zero attached hydrogens (tertiary/aromatic N) is 1. The van der Waals surface area contributed by atoms with Gasteiger partial charge in [-0.25, -0.2) is 5.43 Å². The Bertz CT molecular complexity index is 1070. The third-order valence-corrected chi connectivity index (χ3v) is 5.28. The third kappa shape index (κ3) is 5.75. The van der Waals surface area contributed by atoms with Crippen LogP contribution in [-0.2, 0) is 6.61 Å². The lowest BCUT2D eigenvalue weighted by Gasteiger charge is -2.14. The molecule has 8 heteroatoms. The molecule has 3 rings (SSSR count). The minimum atomic E-state index is -0.339. The molecule has 0 fully saturated rings. The summed E-state index contributed by atoms with van der Waals surface area (Å²) in [4.78, 5) is 12.1. The fraction of sp³-hybridized carbons (Fsp3) is 0.0909. The SMILES string of the molecule is COc1cc(/C=N\NC(=O)c2ccc(Cl)cc2)cc(Br)c1OCc1ccccc1Cl. The number of hydrogen-bond donors (Lipinski definition) is 1. The number of benzene rings is 3. The summed E-state index contributed by atoms with van der Waals surface area (Å²) in [6, 6.07) is 17.6. The zero-order valence-corrected chi connectivity index (χ0v) is 19.0. The van der Waals surface area contributed by atoms with Crippen LogP contribution < -0.4 is 14.9 Å². The average molecular weight is 508 g/mol. The normalized spacial score (nSPS) is 10.8. The summed E-state index contributed by atoms with van der Waals surface area (Å²) >= 11 is 15.5. The van der Waals surface area contributed by atoms with Gasteiger partial charge >= 0.3 is 0 Å². The number of ether oxygens (including phenoxy) is 2. The smallest absolute Gasteiger partial charge is 0.271 e. The van der Waals surface area contributed by atoms with Crippen LogP contribution in [0, 0.1) is 0 Å². The highest BCUT2D eigenvalue weighted by Gasteiger charge is 2.12. The number of hydrogen-bond acceptors (Lipinski definition) is 4. The number of carbonyl (C=O) groups is 1. The van der Waals surface area contributed by atoms with Gasteiger partial charge in [-0.15, -0.1) is 0 Å². The minimum absolute atomic E-state index is 0.291. The van der Waals surface area contributed by atoms with Gasteiger partial charge in [0.05, 0.1) is 17.8 Å². The maximum atomic E-state index is 12.1. The largest absolute Gasteiger partial charge is 0.493 e. The van der Waals surface area contributed by atoms with Crippen LogP contribution in [0.25, 0.3) is 0 Å². The number of halogens is 3. The molecule has 30 heavy (non-hydrogen) atoms. The molecule has 0 atom stereocenters. The first-order chi connectivity index (χ1) is 14.5. The number of rotatable bonds is 7. The average Bonchev–Trinajstić information content (AvgIpc) is 2.74. The van der Waals surface area contributed by atoms with Crippen LogP contribution in [0.3, 0.4) is 0 Å². The topological polar surface area (TPSA) is 59.9 Å². The second kappa shape index (κ2) is 10.5. The number of hydrazone groups is 1. The molecule has 0 bridgehead atoms. The number of carbonyl (C=O) groups excluding carboxylic acids is 1. The van der Waals surface area contributed by atoms with E-state index in [9.17, 15) is 4.79 Å². The lowest BCUT2D eigenvalue weighted by atomic mass is 10.2. The van der Waals surface area contributed by atoms with Gasteiger partial charge < -0.3 is 9.47 Å². The monoisotopic (exact) mass is 506 g/mol. The van der Waals surface area contributed by atoms with E-state index < -0.39 is 0 Å². The zero-order valence-electron chi connectivity index (χ0n) is 15.9. The minimum Gasteiger partial charge on any atom is -0.493 e. The summed E-state index contributed by atoms with van der Waals surface area (Å²) in [5, 5.41) is 5.19. The van der Waals surface area contributed by atoms with Gasteiger partial charge in [0.1, 0.15) is 6.61 Å². The molecular weight excluding hydrogens is 491 g/mol. The van der Waals surface area contributed by atoms with Crippen molar-refractivity contribution in [2.24, 2.45) is 5.10 Å². The Morgan fingerprint density at radius 3 is 2.57 bits per heavy atom. The standard InChI is InChI=1S/C22H17BrCl2N2O3/c1-29-20-11-14(12-26-27-22(28)15-6-8-17(24)9-7-15)10-18(23)21(20)30-13-16-4-2-3-5-19(16)25/h2-12H,13H2,1H3,(H,27,28)/b26-12-. The third-order valence-electron chi connectivity index (χ3n) is 4.07. The van der Waals surface area contributed by atoms with Crippen LogP contribution in [0.1, 0.15) is 21.5 Å². The molecule has 0 radical (unpaired) electrons. The summed E-state index contributed by atoms with van der Waals surface area (Å²) in [6.07, 6.45) is 1.51. The molecule has 0 spiro atoms. The fourth-order valence-electron chi connectivity index (χ4n) is 2.55. The van der Waals surface area contributed by atoms with Gasteiger partial charge in [-0.05, 0) is 64.0 Å². The van der Waals surface area contributed by atoms with E-state index in [4.69, 9.17) is 32.7 Å². The van der Waals surface area contributed by atoms with E-state index in [1.165, 1.54) is 6.21 Å². The van der Waals surface area contributed by atoms with E-state index in [1.54, 1.807) is 37.4 Å². The predicted octanol–water partition coefficient (Wildman–Crippen LogP) is 6.11. The molecule has 1 N–H and O–H groups in total. The molecule has 0 saturated heterocycles. The van der Waals surface area contributed by atoms with Crippen molar-refractivity contribution >= 4 is 51.3 Å². The van der Waals surface area contributed by atoms with Gasteiger partial charge in [0.2, 0.25) is 0 Å². The number of methoxy groups -OCH3 is 1. The van der Waals surface area contributed by atoms with Crippen molar-refractivity contribution in [3.8, 4) is 11.5 Å². The van der Waals surface area contributed by atoms with Crippen LogP contribution in [0.15, 0.2) is 70.2 Å². The van der Waals surface area contributed by atoms with Crippen LogP contribution in [0.2, 0.25) is 10.0 Å². The Kier molecular flexibility index (Phi) is 7.74. The van der Waals surface area contributed by atoms with Gasteiger partial charge in [-0.3, -0.25) is 4.79 Å². The molecule has 0 heterocycles. The zero-order chi connectivity index (χ0) is 21.5. The molecule has 3 aromatic carbocycles. The quantitative estimate of drug-likeness (QED) is 0.310. The fourth-order valence-corrected chi connectivity index (χ4v) is 3.44. The molecule has 1 amide bonds. The number of amides is 1. The molecule has 0 aliphatic carbocycles. The lowest BCUT2D eigenvalue weighted by Crippen LogP contribution is -2.17. The molecule has 0 saturated carbocycles. The van der Waals surface area contributed by atoms with Crippen LogP contribution >= 0.6 is 39.1 Å². The second-order valence-corrected chi connectivity index (χ2v) is 7.82. The van der Waals surface area contributed by atoms with Crippen molar-refractivity contribution in [1.82, 2.24) is 5.43 Å². The van der Waals surface area contributed by atoms with Crippen molar-refractivity contribution in [3.63, 3.8) is 0 Å². The molecule has 0 aromatic heterocycles. The van der Waals surface area contributed by atoms with E-state index in [2.05, 4.69) is 26.5 Å². The summed E-state index contributed by atoms with van der Waals surface area (Å²) < 4.78 is 12.0. The molecule has 0 unspecified atom stereocenters. The molecule has 154 valence electrons. The Hall–Kier alpha value is -2.54. The first kappa shape index (κ1) is 22.2. The van der Waals surface area contributed by atoms with Gasteiger partial charge in [0, 0.05) is 21.2 Å². The van der Waals surface area contributed by atoms with Crippen molar-refractivity contribution in [1.29, 1.82) is 0 Å². The van der Waals surface area contributed by atoms with Gasteiger partial charge in [0.15, 0.2) is 11.5 Å². The van der Waals surface area contributed by atoms with E-state index in [0.717, 1.165) is 5.56 Å². The van der Waals surface area contributed by atoms with E-state index in [1.807, 2.05) is 30.3 Å². The van der Waals surface area contributed by atoms with E-state index in [0.29, 0.717) is 43.8 Å². The van der Waals surface area contributed by atoms with Crippen LogP contribution in [0.5, 0.6) is 11.5 Å². The van der Waals surface area contributed by atoms with Gasteiger partial charge in [-0.1, -0.05) is 41.4 Å². The molecule has 3 aromatic rings. The summed E-state index contributed by atoms with van der Waals surface area (Å²) in [5.41, 5.74) is 4.51. The van der Waals surface area contributed by atoms with Crippen LogP contribution in [-0.4, -0.2) is 19.2 Å². The Morgan fingerprint density at radius 2 is 1.87 bits per heavy atom. The maximum Gasteiger partial charge on any atom is 0.271 e. The van der Waals surface area contributed by atoms with Crippen LogP contribution in [0.4, 0.5) is 0 Å². The molecule has 0 aliphatic heterocycles. The lowest BCUT2D eigenvalue weighted by molar-refractivity contribution is 0.0955. The Balaban J connectivity index is 1.70. The van der Waals surface area contributed by atoms with E-state index >= 15 is 0 Å². The maximum absolute atomic E-state index is 12.1. The van der Waals surface area contributed by atoms with E-state index in [-0.39, 0.29) is 5.91 Å². The molecule has 0 aliphatic rings. The summed E-state index contributed by atoms with van der Waals surface area (Å²) in [5.74, 6) is 0.718.